The van der Waals surface area contributed by atoms with Crippen LogP contribution in [0.4, 0.5) is 19.3 Å². The van der Waals surface area contributed by atoms with Crippen molar-refractivity contribution in [2.75, 3.05) is 44.7 Å². The van der Waals surface area contributed by atoms with E-state index in [0.717, 1.165) is 4.90 Å². The molecule has 3 amide bonds. The number of likely N-dealkylation sites (tertiary alicyclic amines) is 1. The molecule has 24 heavy (non-hydrogen) atoms. The van der Waals surface area contributed by atoms with Crippen LogP contribution < -0.4 is 5.32 Å². The van der Waals surface area contributed by atoms with Gasteiger partial charge in [-0.2, -0.15) is 5.10 Å². The van der Waals surface area contributed by atoms with Gasteiger partial charge in [-0.05, 0) is 0 Å². The number of carbonyl (C=O) groups excluding carboxylic acids is 2. The number of aromatic nitrogens is 2. The van der Waals surface area contributed by atoms with Gasteiger partial charge in [-0.3, -0.25) is 9.48 Å². The zero-order chi connectivity index (χ0) is 17.2. The average Bonchev–Trinajstić information content (AvgIpc) is 3.14. The third-order valence-corrected chi connectivity index (χ3v) is 4.00. The number of morpholine rings is 1. The van der Waals surface area contributed by atoms with E-state index in [2.05, 4.69) is 10.4 Å². The molecule has 0 bridgehead atoms. The maximum atomic E-state index is 13.1. The highest BCUT2D eigenvalue weighted by molar-refractivity contribution is 5.89. The number of nitrogens with zero attached hydrogens (tertiary/aromatic N) is 4. The van der Waals surface area contributed by atoms with Crippen LogP contribution in [-0.4, -0.2) is 76.8 Å². The molecule has 1 aromatic rings. The molecule has 3 rings (SSSR count). The molecule has 0 aromatic carbocycles. The first-order chi connectivity index (χ1) is 11.4. The molecule has 0 atom stereocenters. The van der Waals surface area contributed by atoms with E-state index in [1.807, 2.05) is 0 Å². The van der Waals surface area contributed by atoms with Gasteiger partial charge in [0, 0.05) is 32.3 Å². The Morgan fingerprint density at radius 2 is 2.00 bits per heavy atom. The van der Waals surface area contributed by atoms with Crippen LogP contribution in [0.15, 0.2) is 12.4 Å². The van der Waals surface area contributed by atoms with Crippen molar-refractivity contribution in [3.8, 4) is 0 Å². The molecular formula is C14H19F2N5O3. The zero-order valence-electron chi connectivity index (χ0n) is 13.1. The lowest BCUT2D eigenvalue weighted by Crippen LogP contribution is -2.42. The molecule has 2 fully saturated rings. The van der Waals surface area contributed by atoms with E-state index >= 15 is 0 Å². The number of urea groups is 1. The van der Waals surface area contributed by atoms with Crippen molar-refractivity contribution < 1.29 is 23.1 Å². The first kappa shape index (κ1) is 16.6. The van der Waals surface area contributed by atoms with Gasteiger partial charge in [0.1, 0.15) is 6.54 Å². The normalized spacial score (nSPS) is 20.2. The Morgan fingerprint density at radius 3 is 2.67 bits per heavy atom. The molecule has 0 radical (unpaired) electrons. The third-order valence-electron chi connectivity index (χ3n) is 4.00. The number of anilines is 1. The van der Waals surface area contributed by atoms with Gasteiger partial charge in [-0.25, -0.2) is 13.6 Å². The number of nitrogens with one attached hydrogen (secondary N) is 1. The Kier molecular flexibility index (Phi) is 4.65. The largest absolute Gasteiger partial charge is 0.378 e. The topological polar surface area (TPSA) is 79.7 Å². The predicted octanol–water partition coefficient (Wildman–Crippen LogP) is 0.615. The van der Waals surface area contributed by atoms with E-state index in [9.17, 15) is 18.4 Å². The summed E-state index contributed by atoms with van der Waals surface area (Å²) in [5.41, 5.74) is 0.366. The van der Waals surface area contributed by atoms with Crippen molar-refractivity contribution in [3.05, 3.63) is 12.4 Å². The highest BCUT2D eigenvalue weighted by Crippen LogP contribution is 2.27. The van der Waals surface area contributed by atoms with Gasteiger partial charge in [0.2, 0.25) is 5.91 Å². The number of ether oxygens (including phenoxy) is 1. The minimum Gasteiger partial charge on any atom is -0.378 e. The van der Waals surface area contributed by atoms with Gasteiger partial charge in [0.25, 0.3) is 5.92 Å². The molecular weight excluding hydrogens is 324 g/mol. The number of rotatable bonds is 3. The van der Waals surface area contributed by atoms with Gasteiger partial charge in [-0.1, -0.05) is 0 Å². The number of halogens is 2. The van der Waals surface area contributed by atoms with Gasteiger partial charge in [-0.15, -0.1) is 0 Å². The summed E-state index contributed by atoms with van der Waals surface area (Å²) >= 11 is 0. The highest BCUT2D eigenvalue weighted by Gasteiger charge is 2.40. The summed E-state index contributed by atoms with van der Waals surface area (Å²) in [5.74, 6) is -2.91. The van der Waals surface area contributed by atoms with Crippen LogP contribution in [-0.2, 0) is 16.1 Å². The fourth-order valence-corrected chi connectivity index (χ4v) is 2.68. The van der Waals surface area contributed by atoms with Crippen LogP contribution in [0.2, 0.25) is 0 Å². The second-order valence-electron chi connectivity index (χ2n) is 5.88. The van der Waals surface area contributed by atoms with E-state index in [4.69, 9.17) is 4.74 Å². The van der Waals surface area contributed by atoms with Crippen LogP contribution in [0.25, 0.3) is 0 Å². The van der Waals surface area contributed by atoms with Crippen LogP contribution >= 0.6 is 0 Å². The molecule has 0 aliphatic carbocycles. The lowest BCUT2D eigenvalue weighted by atomic mass is 10.3. The van der Waals surface area contributed by atoms with Crippen molar-refractivity contribution in [3.63, 3.8) is 0 Å². The summed E-state index contributed by atoms with van der Waals surface area (Å²) in [4.78, 5) is 26.8. The fraction of sp³-hybridized carbons (Fsp3) is 0.643. The van der Waals surface area contributed by atoms with E-state index in [1.54, 1.807) is 4.90 Å². The molecule has 2 saturated heterocycles. The first-order valence-electron chi connectivity index (χ1n) is 7.75. The minimum absolute atomic E-state index is 0.0164. The summed E-state index contributed by atoms with van der Waals surface area (Å²) in [6.45, 7) is 1.63. The number of hydrogen-bond acceptors (Lipinski definition) is 4. The van der Waals surface area contributed by atoms with Crippen molar-refractivity contribution in [2.24, 2.45) is 0 Å². The molecule has 0 spiro atoms. The lowest BCUT2D eigenvalue weighted by Gasteiger charge is -2.26. The Hall–Kier alpha value is -2.23. The SMILES string of the molecule is O=C(Cn1cc(NC(=O)N2CCC(F)(F)C2)cn1)N1CCOCC1. The maximum absolute atomic E-state index is 13.1. The minimum atomic E-state index is -2.83. The van der Waals surface area contributed by atoms with E-state index in [0.29, 0.717) is 32.0 Å². The Labute approximate surface area is 137 Å². The zero-order valence-corrected chi connectivity index (χ0v) is 13.1. The van der Waals surface area contributed by atoms with Crippen LogP contribution in [0.5, 0.6) is 0 Å². The molecule has 132 valence electrons. The Balaban J connectivity index is 1.52. The van der Waals surface area contributed by atoms with E-state index in [1.165, 1.54) is 17.1 Å². The molecule has 2 aliphatic rings. The molecule has 8 nitrogen and oxygen atoms in total. The number of amides is 3. The number of hydrogen-bond donors (Lipinski definition) is 1. The third kappa shape index (κ3) is 3.99. The van der Waals surface area contributed by atoms with Crippen LogP contribution in [0.3, 0.4) is 0 Å². The maximum Gasteiger partial charge on any atom is 0.322 e. The second-order valence-corrected chi connectivity index (χ2v) is 5.88. The molecule has 3 heterocycles. The number of carbonyl (C=O) groups is 2. The van der Waals surface area contributed by atoms with E-state index in [-0.39, 0.29) is 25.4 Å². The lowest BCUT2D eigenvalue weighted by molar-refractivity contribution is -0.136. The molecule has 0 saturated carbocycles. The summed E-state index contributed by atoms with van der Waals surface area (Å²) in [6.07, 6.45) is 2.57. The van der Waals surface area contributed by atoms with Gasteiger partial charge in [0.05, 0.1) is 31.6 Å². The highest BCUT2D eigenvalue weighted by atomic mass is 19.3. The van der Waals surface area contributed by atoms with Crippen molar-refractivity contribution >= 4 is 17.6 Å². The summed E-state index contributed by atoms with van der Waals surface area (Å²) in [7, 11) is 0. The van der Waals surface area contributed by atoms with Crippen molar-refractivity contribution in [1.82, 2.24) is 19.6 Å². The smallest absolute Gasteiger partial charge is 0.322 e. The number of alkyl halides is 2. The second kappa shape index (κ2) is 6.71. The summed E-state index contributed by atoms with van der Waals surface area (Å²) in [6, 6.07) is -0.591. The van der Waals surface area contributed by atoms with Crippen molar-refractivity contribution in [2.45, 2.75) is 18.9 Å². The van der Waals surface area contributed by atoms with Crippen LogP contribution in [0, 0.1) is 0 Å². The predicted molar refractivity (Wildman–Crippen MR) is 79.8 cm³/mol. The van der Waals surface area contributed by atoms with Crippen molar-refractivity contribution in [1.29, 1.82) is 0 Å². The quantitative estimate of drug-likeness (QED) is 0.872. The van der Waals surface area contributed by atoms with Crippen LogP contribution in [0.1, 0.15) is 6.42 Å². The fourth-order valence-electron chi connectivity index (χ4n) is 2.68. The summed E-state index contributed by atoms with van der Waals surface area (Å²) < 4.78 is 32.9. The molecule has 2 aliphatic heterocycles. The molecule has 1 N–H and O–H groups in total. The van der Waals surface area contributed by atoms with Gasteiger partial charge >= 0.3 is 6.03 Å². The monoisotopic (exact) mass is 343 g/mol. The van der Waals surface area contributed by atoms with Gasteiger partial charge < -0.3 is 19.9 Å². The standard InChI is InChI=1S/C14H19F2N5O3/c15-14(16)1-2-20(10-14)13(23)18-11-7-17-21(8-11)9-12(22)19-3-5-24-6-4-19/h7-8H,1-6,9-10H2,(H,18,23). The molecule has 1 aromatic heterocycles. The van der Waals surface area contributed by atoms with Gasteiger partial charge in [0.15, 0.2) is 0 Å². The van der Waals surface area contributed by atoms with E-state index < -0.39 is 18.5 Å². The average molecular weight is 343 g/mol. The Bertz CT molecular complexity index is 615. The first-order valence-corrected chi connectivity index (χ1v) is 7.75. The summed E-state index contributed by atoms with van der Waals surface area (Å²) in [5, 5.41) is 6.54. The molecule has 10 heteroatoms. The molecule has 0 unspecified atom stereocenters. The Morgan fingerprint density at radius 1 is 1.25 bits per heavy atom.